The molecule has 0 radical (unpaired) electrons. The third-order valence-corrected chi connectivity index (χ3v) is 6.55. The highest BCUT2D eigenvalue weighted by molar-refractivity contribution is 7.89. The van der Waals surface area contributed by atoms with Gasteiger partial charge < -0.3 is 0 Å². The van der Waals surface area contributed by atoms with Crippen LogP contribution in [0, 0.1) is 24.1 Å². The first-order valence-corrected chi connectivity index (χ1v) is 10.5. The van der Waals surface area contributed by atoms with Gasteiger partial charge in [0.05, 0.1) is 23.9 Å². The lowest BCUT2D eigenvalue weighted by Crippen LogP contribution is -2.31. The van der Waals surface area contributed by atoms with E-state index in [9.17, 15) is 12.8 Å². The van der Waals surface area contributed by atoms with Gasteiger partial charge in [-0.05, 0) is 54.4 Å². The van der Waals surface area contributed by atoms with Gasteiger partial charge in [-0.2, -0.15) is 9.57 Å². The van der Waals surface area contributed by atoms with E-state index in [4.69, 9.17) is 16.9 Å². The van der Waals surface area contributed by atoms with Crippen molar-refractivity contribution in [3.8, 4) is 6.07 Å². The van der Waals surface area contributed by atoms with Gasteiger partial charge in [-0.1, -0.05) is 29.8 Å². The number of pyridine rings is 1. The number of hydrogen-bond acceptors (Lipinski definition) is 4. The van der Waals surface area contributed by atoms with Crippen molar-refractivity contribution in [3.63, 3.8) is 0 Å². The molecule has 1 aromatic heterocycles. The van der Waals surface area contributed by atoms with Gasteiger partial charge in [-0.15, -0.1) is 0 Å². The number of hydrogen-bond donors (Lipinski definition) is 0. The molecule has 0 bridgehead atoms. The molecular weight excluding hydrogens is 413 g/mol. The van der Waals surface area contributed by atoms with Crippen molar-refractivity contribution in [2.45, 2.75) is 24.9 Å². The van der Waals surface area contributed by atoms with Gasteiger partial charge in [0.1, 0.15) is 10.7 Å². The Bertz CT molecular complexity index is 1160. The van der Waals surface area contributed by atoms with Crippen LogP contribution in [0.2, 0.25) is 5.02 Å². The van der Waals surface area contributed by atoms with E-state index in [0.29, 0.717) is 22.4 Å². The Hall–Kier alpha value is -2.79. The molecule has 8 heteroatoms. The summed E-state index contributed by atoms with van der Waals surface area (Å²) >= 11 is 5.92. The molecular formula is C21H17ClFN3O2S. The van der Waals surface area contributed by atoms with Gasteiger partial charge in [0.15, 0.2) is 0 Å². The van der Waals surface area contributed by atoms with Crippen LogP contribution in [0.3, 0.4) is 0 Å². The molecule has 0 aliphatic rings. The summed E-state index contributed by atoms with van der Waals surface area (Å²) < 4.78 is 42.3. The molecule has 0 atom stereocenters. The van der Waals surface area contributed by atoms with Crippen LogP contribution in [0.15, 0.2) is 65.7 Å². The molecule has 0 aliphatic carbocycles. The van der Waals surface area contributed by atoms with Crippen molar-refractivity contribution in [2.75, 3.05) is 0 Å². The summed E-state index contributed by atoms with van der Waals surface area (Å²) in [6.45, 7) is 1.57. The highest BCUT2D eigenvalue weighted by atomic mass is 35.5. The molecule has 0 spiro atoms. The first-order valence-electron chi connectivity index (χ1n) is 8.66. The van der Waals surface area contributed by atoms with Crippen LogP contribution in [0.5, 0.6) is 0 Å². The van der Waals surface area contributed by atoms with E-state index in [1.54, 1.807) is 55.6 Å². The van der Waals surface area contributed by atoms with E-state index in [0.717, 1.165) is 10.4 Å². The molecule has 5 nitrogen and oxygen atoms in total. The molecule has 0 amide bonds. The highest BCUT2D eigenvalue weighted by Gasteiger charge is 2.29. The summed E-state index contributed by atoms with van der Waals surface area (Å²) in [5.41, 5.74) is 2.11. The quantitative estimate of drug-likeness (QED) is 0.580. The molecule has 0 N–H and O–H groups in total. The third-order valence-electron chi connectivity index (χ3n) is 4.34. The van der Waals surface area contributed by atoms with E-state index in [2.05, 4.69) is 4.98 Å². The largest absolute Gasteiger partial charge is 0.260 e. The van der Waals surface area contributed by atoms with Gasteiger partial charge in [-0.3, -0.25) is 4.98 Å². The molecule has 0 saturated heterocycles. The lowest BCUT2D eigenvalue weighted by molar-refractivity contribution is 0.393. The second kappa shape index (κ2) is 8.70. The number of aromatic nitrogens is 1. The monoisotopic (exact) mass is 429 g/mol. The Labute approximate surface area is 174 Å². The Morgan fingerprint density at radius 2 is 1.86 bits per heavy atom. The first kappa shape index (κ1) is 20.9. The standard InChI is InChI=1S/C21H17ClFN3O2S/c1-15-10-21(20(23)11-19(15)22)29(27,28)26(14-18-4-2-3-9-25-18)13-17-7-5-16(12-24)6-8-17/h2-11H,13-14H2,1H3. The molecule has 0 fully saturated rings. The Balaban J connectivity index is 2.03. The minimum Gasteiger partial charge on any atom is -0.260 e. The minimum atomic E-state index is -4.19. The number of halogens is 2. The Kier molecular flexibility index (Phi) is 6.28. The minimum absolute atomic E-state index is 0.00820. The second-order valence-corrected chi connectivity index (χ2v) is 8.75. The molecule has 0 aliphatic heterocycles. The molecule has 3 aromatic rings. The van der Waals surface area contributed by atoms with Gasteiger partial charge in [-0.25, -0.2) is 12.8 Å². The molecule has 148 valence electrons. The third kappa shape index (κ3) is 4.80. The van der Waals surface area contributed by atoms with Crippen molar-refractivity contribution in [1.29, 1.82) is 5.26 Å². The summed E-state index contributed by atoms with van der Waals surface area (Å²) in [7, 11) is -4.19. The van der Waals surface area contributed by atoms with Crippen LogP contribution in [-0.4, -0.2) is 17.7 Å². The Morgan fingerprint density at radius 3 is 2.48 bits per heavy atom. The topological polar surface area (TPSA) is 74.1 Å². The predicted molar refractivity (Wildman–Crippen MR) is 108 cm³/mol. The fourth-order valence-electron chi connectivity index (χ4n) is 2.75. The molecule has 0 unspecified atom stereocenters. The van der Waals surface area contributed by atoms with Crippen molar-refractivity contribution >= 4 is 21.6 Å². The van der Waals surface area contributed by atoms with E-state index in [1.807, 2.05) is 6.07 Å². The van der Waals surface area contributed by atoms with Gasteiger partial charge in [0.25, 0.3) is 0 Å². The summed E-state index contributed by atoms with van der Waals surface area (Å²) in [6, 6.07) is 16.0. The summed E-state index contributed by atoms with van der Waals surface area (Å²) in [4.78, 5) is 3.74. The fraction of sp³-hybridized carbons (Fsp3) is 0.143. The lowest BCUT2D eigenvalue weighted by Gasteiger charge is -2.23. The van der Waals surface area contributed by atoms with Gasteiger partial charge in [0, 0.05) is 17.8 Å². The summed E-state index contributed by atoms with van der Waals surface area (Å²) in [5, 5.41) is 9.10. The maximum Gasteiger partial charge on any atom is 0.246 e. The van der Waals surface area contributed by atoms with Gasteiger partial charge >= 0.3 is 0 Å². The zero-order valence-electron chi connectivity index (χ0n) is 15.5. The smallest absolute Gasteiger partial charge is 0.246 e. The van der Waals surface area contributed by atoms with Crippen LogP contribution < -0.4 is 0 Å². The number of nitrogens with zero attached hydrogens (tertiary/aromatic N) is 3. The predicted octanol–water partition coefficient (Wildman–Crippen LogP) is 4.45. The van der Waals surface area contributed by atoms with E-state index in [1.165, 1.54) is 6.07 Å². The molecule has 2 aromatic carbocycles. The van der Waals surface area contributed by atoms with Crippen LogP contribution in [0.4, 0.5) is 4.39 Å². The maximum atomic E-state index is 14.5. The second-order valence-electron chi connectivity index (χ2n) is 6.43. The maximum absolute atomic E-state index is 14.5. The van der Waals surface area contributed by atoms with Crippen LogP contribution in [-0.2, 0) is 23.1 Å². The Morgan fingerprint density at radius 1 is 1.14 bits per heavy atom. The number of aryl methyl sites for hydroxylation is 1. The number of nitriles is 1. The van der Waals surface area contributed by atoms with Crippen molar-refractivity contribution in [2.24, 2.45) is 0 Å². The van der Waals surface area contributed by atoms with Crippen molar-refractivity contribution in [1.82, 2.24) is 9.29 Å². The first-order chi connectivity index (χ1) is 13.8. The SMILES string of the molecule is Cc1cc(S(=O)(=O)N(Cc2ccc(C#N)cc2)Cc2ccccn2)c(F)cc1Cl. The number of benzene rings is 2. The van der Waals surface area contributed by atoms with E-state index in [-0.39, 0.29) is 18.1 Å². The zero-order chi connectivity index (χ0) is 21.0. The van der Waals surface area contributed by atoms with Gasteiger partial charge in [0.2, 0.25) is 10.0 Å². The normalized spacial score (nSPS) is 11.4. The van der Waals surface area contributed by atoms with Crippen LogP contribution >= 0.6 is 11.6 Å². The van der Waals surface area contributed by atoms with Crippen LogP contribution in [0.1, 0.15) is 22.4 Å². The van der Waals surface area contributed by atoms with Crippen molar-refractivity contribution < 1.29 is 12.8 Å². The highest BCUT2D eigenvalue weighted by Crippen LogP contribution is 2.27. The van der Waals surface area contributed by atoms with Crippen LogP contribution in [0.25, 0.3) is 0 Å². The van der Waals surface area contributed by atoms with E-state index < -0.39 is 20.7 Å². The number of sulfonamides is 1. The van der Waals surface area contributed by atoms with Crippen molar-refractivity contribution in [3.05, 3.63) is 94.0 Å². The molecule has 3 rings (SSSR count). The fourth-order valence-corrected chi connectivity index (χ4v) is 4.43. The molecule has 1 heterocycles. The molecule has 0 saturated carbocycles. The summed E-state index contributed by atoms with van der Waals surface area (Å²) in [5.74, 6) is -0.911. The molecule has 29 heavy (non-hydrogen) atoms. The lowest BCUT2D eigenvalue weighted by atomic mass is 10.1. The zero-order valence-corrected chi connectivity index (χ0v) is 17.1. The van der Waals surface area contributed by atoms with E-state index >= 15 is 0 Å². The average Bonchev–Trinajstić information content (AvgIpc) is 2.71. The average molecular weight is 430 g/mol. The summed E-state index contributed by atoms with van der Waals surface area (Å²) in [6.07, 6.45) is 1.56. The number of rotatable bonds is 6.